The summed E-state index contributed by atoms with van der Waals surface area (Å²) in [5, 5.41) is 0. The van der Waals surface area contributed by atoms with Crippen LogP contribution in [0.15, 0.2) is 23.8 Å². The molecule has 0 aromatic rings. The Morgan fingerprint density at radius 1 is 1.24 bits per heavy atom. The molecule has 2 fully saturated rings. The van der Waals surface area contributed by atoms with E-state index >= 15 is 0 Å². The number of allylic oxidation sites excluding steroid dienone is 4. The van der Waals surface area contributed by atoms with E-state index in [4.69, 9.17) is 0 Å². The van der Waals surface area contributed by atoms with Crippen molar-refractivity contribution in [2.75, 3.05) is 19.6 Å². The Hall–Kier alpha value is -0.560. The Morgan fingerprint density at radius 3 is 2.59 bits per heavy atom. The van der Waals surface area contributed by atoms with Gasteiger partial charge in [0.05, 0.1) is 0 Å². The molecule has 0 N–H and O–H groups in total. The van der Waals surface area contributed by atoms with Crippen molar-refractivity contribution in [3.05, 3.63) is 23.8 Å². The maximum atomic E-state index is 2.65. The molecule has 0 radical (unpaired) electrons. The molecule has 1 saturated carbocycles. The van der Waals surface area contributed by atoms with E-state index in [9.17, 15) is 0 Å². The fourth-order valence-corrected chi connectivity index (χ4v) is 4.14. The maximum absolute atomic E-state index is 2.65. The van der Waals surface area contributed by atoms with Gasteiger partial charge in [-0.25, -0.2) is 0 Å². The number of rotatable bonds is 3. The molecule has 94 valence electrons. The number of fused-ring (bicyclic) bond motifs is 1. The van der Waals surface area contributed by atoms with Gasteiger partial charge in [0, 0.05) is 13.1 Å². The predicted molar refractivity (Wildman–Crippen MR) is 72.9 cm³/mol. The first-order valence-electron chi connectivity index (χ1n) is 7.42. The molecule has 3 rings (SSSR count). The predicted octanol–water partition coefficient (Wildman–Crippen LogP) is 3.63. The van der Waals surface area contributed by atoms with Crippen LogP contribution in [0.4, 0.5) is 0 Å². The third kappa shape index (κ3) is 2.49. The Balaban J connectivity index is 1.53. The summed E-state index contributed by atoms with van der Waals surface area (Å²) in [7, 11) is 0. The van der Waals surface area contributed by atoms with Crippen molar-refractivity contribution in [3.8, 4) is 0 Å². The highest BCUT2D eigenvalue weighted by molar-refractivity contribution is 5.18. The van der Waals surface area contributed by atoms with E-state index in [2.05, 4.69) is 30.1 Å². The Morgan fingerprint density at radius 2 is 2.00 bits per heavy atom. The second-order valence-electron chi connectivity index (χ2n) is 6.21. The topological polar surface area (TPSA) is 3.24 Å². The molecular formula is C16H25N. The van der Waals surface area contributed by atoms with Crippen LogP contribution >= 0.6 is 0 Å². The lowest BCUT2D eigenvalue weighted by atomic mass is 9.92. The van der Waals surface area contributed by atoms with Crippen LogP contribution < -0.4 is 0 Å². The quantitative estimate of drug-likeness (QED) is 0.717. The minimum absolute atomic E-state index is 1.00. The first-order chi connectivity index (χ1) is 8.35. The lowest BCUT2D eigenvalue weighted by Gasteiger charge is -2.18. The standard InChI is InChI=1S/C16H25N/c1-2-17-11-15-9-14(10-16(15)12-17)8-13-6-4-3-5-7-13/h3-4,6,14-16H,2,5,7-12H2,1H3. The summed E-state index contributed by atoms with van der Waals surface area (Å²) >= 11 is 0. The highest BCUT2D eigenvalue weighted by Crippen LogP contribution is 2.44. The molecule has 0 bridgehead atoms. The Kier molecular flexibility index (Phi) is 3.37. The average molecular weight is 231 g/mol. The first kappa shape index (κ1) is 11.5. The summed E-state index contributed by atoms with van der Waals surface area (Å²) in [5.74, 6) is 3.06. The molecular weight excluding hydrogens is 206 g/mol. The zero-order valence-electron chi connectivity index (χ0n) is 11.1. The molecule has 0 aromatic carbocycles. The molecule has 0 spiro atoms. The van der Waals surface area contributed by atoms with Gasteiger partial charge in [-0.15, -0.1) is 0 Å². The lowest BCUT2D eigenvalue weighted by Crippen LogP contribution is -2.21. The molecule has 2 atom stereocenters. The summed E-state index contributed by atoms with van der Waals surface area (Å²) in [6, 6.07) is 0. The molecule has 0 aromatic heterocycles. The van der Waals surface area contributed by atoms with Crippen molar-refractivity contribution in [2.45, 2.75) is 39.0 Å². The molecule has 2 unspecified atom stereocenters. The largest absolute Gasteiger partial charge is 0.303 e. The van der Waals surface area contributed by atoms with E-state index in [0.717, 1.165) is 17.8 Å². The molecule has 1 heteroatoms. The summed E-state index contributed by atoms with van der Waals surface area (Å²) in [6.45, 7) is 6.33. The Bertz CT molecular complexity index is 314. The first-order valence-corrected chi connectivity index (χ1v) is 7.42. The van der Waals surface area contributed by atoms with E-state index in [1.54, 1.807) is 5.57 Å². The SMILES string of the molecule is CCN1CC2CC(CC3=CC=CCC3)CC2C1. The van der Waals surface area contributed by atoms with Crippen LogP contribution in [0.2, 0.25) is 0 Å². The van der Waals surface area contributed by atoms with Gasteiger partial charge in [-0.05, 0) is 56.4 Å². The number of hydrogen-bond donors (Lipinski definition) is 0. The van der Waals surface area contributed by atoms with Gasteiger partial charge in [-0.1, -0.05) is 30.7 Å². The van der Waals surface area contributed by atoms with Gasteiger partial charge in [0.2, 0.25) is 0 Å². The molecule has 0 amide bonds. The number of likely N-dealkylation sites (tertiary alicyclic amines) is 1. The van der Waals surface area contributed by atoms with Crippen LogP contribution in [0.3, 0.4) is 0 Å². The van der Waals surface area contributed by atoms with Crippen molar-refractivity contribution in [2.24, 2.45) is 17.8 Å². The summed E-state index contributed by atoms with van der Waals surface area (Å²) in [6.07, 6.45) is 13.9. The minimum atomic E-state index is 1.00. The fraction of sp³-hybridized carbons (Fsp3) is 0.750. The van der Waals surface area contributed by atoms with Crippen molar-refractivity contribution in [1.82, 2.24) is 4.90 Å². The number of nitrogens with zero attached hydrogens (tertiary/aromatic N) is 1. The smallest absolute Gasteiger partial charge is 0.00129 e. The monoisotopic (exact) mass is 231 g/mol. The molecule has 1 saturated heterocycles. The zero-order valence-corrected chi connectivity index (χ0v) is 11.1. The maximum Gasteiger partial charge on any atom is 0.00129 e. The van der Waals surface area contributed by atoms with Crippen molar-refractivity contribution >= 4 is 0 Å². The van der Waals surface area contributed by atoms with Crippen molar-refractivity contribution < 1.29 is 0 Å². The van der Waals surface area contributed by atoms with E-state index in [-0.39, 0.29) is 0 Å². The summed E-state index contributed by atoms with van der Waals surface area (Å²) in [5.41, 5.74) is 1.71. The van der Waals surface area contributed by atoms with Gasteiger partial charge >= 0.3 is 0 Å². The molecule has 2 aliphatic carbocycles. The van der Waals surface area contributed by atoms with Gasteiger partial charge in [0.1, 0.15) is 0 Å². The second kappa shape index (κ2) is 4.97. The molecule has 17 heavy (non-hydrogen) atoms. The normalized spacial score (nSPS) is 37.2. The molecule has 1 aliphatic heterocycles. The lowest BCUT2D eigenvalue weighted by molar-refractivity contribution is 0.311. The summed E-state index contributed by atoms with van der Waals surface area (Å²) < 4.78 is 0. The van der Waals surface area contributed by atoms with Gasteiger partial charge in [0.25, 0.3) is 0 Å². The van der Waals surface area contributed by atoms with Crippen molar-refractivity contribution in [3.63, 3.8) is 0 Å². The zero-order chi connectivity index (χ0) is 11.7. The van der Waals surface area contributed by atoms with E-state index in [0.29, 0.717) is 0 Å². The van der Waals surface area contributed by atoms with Gasteiger partial charge in [0.15, 0.2) is 0 Å². The van der Waals surface area contributed by atoms with Crippen LogP contribution in [-0.2, 0) is 0 Å². The van der Waals surface area contributed by atoms with Crippen LogP contribution in [0.5, 0.6) is 0 Å². The highest BCUT2D eigenvalue weighted by Gasteiger charge is 2.40. The van der Waals surface area contributed by atoms with Crippen LogP contribution in [-0.4, -0.2) is 24.5 Å². The van der Waals surface area contributed by atoms with Gasteiger partial charge in [-0.2, -0.15) is 0 Å². The molecule has 1 heterocycles. The minimum Gasteiger partial charge on any atom is -0.303 e. The van der Waals surface area contributed by atoms with Gasteiger partial charge < -0.3 is 4.90 Å². The Labute approximate surface area is 106 Å². The third-order valence-electron chi connectivity index (χ3n) is 5.02. The van der Waals surface area contributed by atoms with E-state index in [1.165, 1.54) is 51.7 Å². The van der Waals surface area contributed by atoms with Gasteiger partial charge in [-0.3, -0.25) is 0 Å². The van der Waals surface area contributed by atoms with E-state index in [1.807, 2.05) is 0 Å². The second-order valence-corrected chi connectivity index (χ2v) is 6.21. The van der Waals surface area contributed by atoms with Crippen LogP contribution in [0.25, 0.3) is 0 Å². The highest BCUT2D eigenvalue weighted by atomic mass is 15.1. The van der Waals surface area contributed by atoms with Crippen LogP contribution in [0.1, 0.15) is 39.0 Å². The van der Waals surface area contributed by atoms with Crippen LogP contribution in [0, 0.1) is 17.8 Å². The average Bonchev–Trinajstić information content (AvgIpc) is 2.87. The molecule has 3 aliphatic rings. The summed E-state index contributed by atoms with van der Waals surface area (Å²) in [4.78, 5) is 2.65. The number of hydrogen-bond acceptors (Lipinski definition) is 1. The van der Waals surface area contributed by atoms with E-state index < -0.39 is 0 Å². The molecule has 1 nitrogen and oxygen atoms in total. The third-order valence-corrected chi connectivity index (χ3v) is 5.02. The fourth-order valence-electron chi connectivity index (χ4n) is 4.14. The van der Waals surface area contributed by atoms with Crippen molar-refractivity contribution in [1.29, 1.82) is 0 Å².